The van der Waals surface area contributed by atoms with Crippen molar-refractivity contribution in [3.05, 3.63) is 58.0 Å². The van der Waals surface area contributed by atoms with Crippen molar-refractivity contribution in [1.82, 2.24) is 19.4 Å². The molecule has 7 nitrogen and oxygen atoms in total. The molecule has 5 heterocycles. The van der Waals surface area contributed by atoms with Crippen LogP contribution in [-0.4, -0.2) is 51.1 Å². The standard InChI is InChI=1S/C22H20N4O3S/c1-13-12-29-8-7-26(13)21(27)18-10-15-3-4-17(24-20(15)30-18)16-9-14-5-6-25(2)22(28)19(14)23-11-16/h3-6,9-11,13H,7-8,12H2,1-2H3. The molecule has 4 aromatic heterocycles. The molecule has 4 aromatic rings. The van der Waals surface area contributed by atoms with Crippen LogP contribution in [0.5, 0.6) is 0 Å². The average Bonchev–Trinajstić information content (AvgIpc) is 3.19. The van der Waals surface area contributed by atoms with Gasteiger partial charge in [0.05, 0.1) is 29.8 Å². The Hall–Kier alpha value is -3.10. The maximum absolute atomic E-state index is 13.0. The van der Waals surface area contributed by atoms with Crippen molar-refractivity contribution in [2.75, 3.05) is 19.8 Å². The van der Waals surface area contributed by atoms with E-state index in [2.05, 4.69) is 4.98 Å². The van der Waals surface area contributed by atoms with Crippen molar-refractivity contribution in [3.8, 4) is 11.3 Å². The zero-order valence-electron chi connectivity index (χ0n) is 16.7. The number of carbonyl (C=O) groups is 1. The van der Waals surface area contributed by atoms with Crippen molar-refractivity contribution in [2.24, 2.45) is 7.05 Å². The number of hydrogen-bond donors (Lipinski definition) is 0. The third kappa shape index (κ3) is 3.18. The summed E-state index contributed by atoms with van der Waals surface area (Å²) in [4.78, 5) is 37.6. The molecule has 0 aliphatic carbocycles. The molecular weight excluding hydrogens is 400 g/mol. The Labute approximate surface area is 176 Å². The van der Waals surface area contributed by atoms with E-state index in [9.17, 15) is 9.59 Å². The topological polar surface area (TPSA) is 77.3 Å². The number of pyridine rings is 3. The molecule has 1 fully saturated rings. The predicted octanol–water partition coefficient (Wildman–Crippen LogP) is 3.07. The Balaban J connectivity index is 1.51. The first-order chi connectivity index (χ1) is 14.5. The number of nitrogens with zero attached hydrogens (tertiary/aromatic N) is 4. The number of morpholine rings is 1. The van der Waals surface area contributed by atoms with Crippen LogP contribution in [0.2, 0.25) is 0 Å². The lowest BCUT2D eigenvalue weighted by molar-refractivity contribution is 0.00387. The summed E-state index contributed by atoms with van der Waals surface area (Å²) in [5.74, 6) is 0.0265. The Bertz CT molecular complexity index is 1340. The molecule has 0 spiro atoms. The highest BCUT2D eigenvalue weighted by Gasteiger charge is 2.26. The van der Waals surface area contributed by atoms with Gasteiger partial charge in [0.1, 0.15) is 10.3 Å². The molecule has 1 aliphatic rings. The van der Waals surface area contributed by atoms with Gasteiger partial charge in [-0.2, -0.15) is 0 Å². The first-order valence-corrected chi connectivity index (χ1v) is 10.6. The van der Waals surface area contributed by atoms with Crippen LogP contribution >= 0.6 is 11.3 Å². The number of thiophene rings is 1. The highest BCUT2D eigenvalue weighted by atomic mass is 32.1. The monoisotopic (exact) mass is 420 g/mol. The molecule has 5 rings (SSSR count). The molecule has 0 radical (unpaired) electrons. The molecule has 152 valence electrons. The van der Waals surface area contributed by atoms with Gasteiger partial charge in [-0.15, -0.1) is 11.3 Å². The first-order valence-electron chi connectivity index (χ1n) is 9.76. The first kappa shape index (κ1) is 18.9. The molecule has 1 aliphatic heterocycles. The third-order valence-electron chi connectivity index (χ3n) is 5.44. The lowest BCUT2D eigenvalue weighted by atomic mass is 10.1. The second-order valence-electron chi connectivity index (χ2n) is 7.52. The van der Waals surface area contributed by atoms with Gasteiger partial charge in [0.15, 0.2) is 0 Å². The zero-order valence-corrected chi connectivity index (χ0v) is 17.5. The maximum atomic E-state index is 13.0. The van der Waals surface area contributed by atoms with Crippen molar-refractivity contribution in [1.29, 1.82) is 0 Å². The van der Waals surface area contributed by atoms with Gasteiger partial charge in [-0.3, -0.25) is 9.59 Å². The Kier molecular flexibility index (Phi) is 4.60. The summed E-state index contributed by atoms with van der Waals surface area (Å²) in [5, 5.41) is 1.72. The summed E-state index contributed by atoms with van der Waals surface area (Å²) in [6, 6.07) is 9.66. The molecule has 1 amide bonds. The fourth-order valence-corrected chi connectivity index (χ4v) is 4.70. The van der Waals surface area contributed by atoms with Crippen LogP contribution in [0.1, 0.15) is 16.6 Å². The largest absolute Gasteiger partial charge is 0.377 e. The smallest absolute Gasteiger partial charge is 0.276 e. The van der Waals surface area contributed by atoms with Crippen LogP contribution in [0.3, 0.4) is 0 Å². The van der Waals surface area contributed by atoms with Crippen LogP contribution in [0, 0.1) is 0 Å². The van der Waals surface area contributed by atoms with Gasteiger partial charge in [-0.1, -0.05) is 0 Å². The van der Waals surface area contributed by atoms with E-state index in [0.29, 0.717) is 30.2 Å². The van der Waals surface area contributed by atoms with E-state index < -0.39 is 0 Å². The van der Waals surface area contributed by atoms with Gasteiger partial charge in [-0.25, -0.2) is 9.97 Å². The van der Waals surface area contributed by atoms with E-state index in [1.54, 1.807) is 19.4 Å². The van der Waals surface area contributed by atoms with E-state index >= 15 is 0 Å². The lowest BCUT2D eigenvalue weighted by Crippen LogP contribution is -2.46. The van der Waals surface area contributed by atoms with Crippen LogP contribution in [0.4, 0.5) is 0 Å². The van der Waals surface area contributed by atoms with Crippen LogP contribution in [0.15, 0.2) is 47.5 Å². The second-order valence-corrected chi connectivity index (χ2v) is 8.55. The van der Waals surface area contributed by atoms with Gasteiger partial charge in [0, 0.05) is 42.3 Å². The second kappa shape index (κ2) is 7.30. The minimum Gasteiger partial charge on any atom is -0.377 e. The summed E-state index contributed by atoms with van der Waals surface area (Å²) in [5.41, 5.74) is 1.91. The van der Waals surface area contributed by atoms with Crippen molar-refractivity contribution in [3.63, 3.8) is 0 Å². The summed E-state index contributed by atoms with van der Waals surface area (Å²) in [7, 11) is 1.71. The van der Waals surface area contributed by atoms with E-state index in [-0.39, 0.29) is 17.5 Å². The Morgan fingerprint density at radius 3 is 2.93 bits per heavy atom. The normalized spacial score (nSPS) is 17.0. The van der Waals surface area contributed by atoms with Crippen molar-refractivity contribution in [2.45, 2.75) is 13.0 Å². The number of hydrogen-bond acceptors (Lipinski definition) is 6. The third-order valence-corrected chi connectivity index (χ3v) is 6.47. The molecule has 8 heteroatoms. The molecule has 1 saturated heterocycles. The highest BCUT2D eigenvalue weighted by Crippen LogP contribution is 2.29. The maximum Gasteiger partial charge on any atom is 0.276 e. The van der Waals surface area contributed by atoms with Crippen LogP contribution < -0.4 is 5.56 Å². The van der Waals surface area contributed by atoms with Gasteiger partial charge in [0.25, 0.3) is 11.5 Å². The Morgan fingerprint density at radius 1 is 1.23 bits per heavy atom. The zero-order chi connectivity index (χ0) is 20.8. The molecule has 1 atom stereocenters. The summed E-state index contributed by atoms with van der Waals surface area (Å²) in [6.07, 6.45) is 3.41. The van der Waals surface area contributed by atoms with E-state index in [1.165, 1.54) is 15.9 Å². The number of rotatable bonds is 2. The summed E-state index contributed by atoms with van der Waals surface area (Å²) >= 11 is 1.40. The fraction of sp³-hybridized carbons (Fsp3) is 0.273. The minimum atomic E-state index is -0.124. The molecular formula is C22H20N4O3S. The fourth-order valence-electron chi connectivity index (χ4n) is 3.71. The van der Waals surface area contributed by atoms with Crippen LogP contribution in [-0.2, 0) is 11.8 Å². The number of carbonyl (C=O) groups excluding carboxylic acids is 1. The van der Waals surface area contributed by atoms with Crippen molar-refractivity contribution >= 4 is 38.4 Å². The molecule has 0 N–H and O–H groups in total. The molecule has 0 bridgehead atoms. The average molecular weight is 420 g/mol. The predicted molar refractivity (Wildman–Crippen MR) is 117 cm³/mol. The van der Waals surface area contributed by atoms with Crippen LogP contribution in [0.25, 0.3) is 32.4 Å². The molecule has 0 saturated carbocycles. The number of aromatic nitrogens is 3. The number of fused-ring (bicyclic) bond motifs is 2. The SMILES string of the molecule is CC1COCCN1C(=O)c1cc2ccc(-c3cnc4c(=O)n(C)ccc4c3)nc2s1. The van der Waals surface area contributed by atoms with Gasteiger partial charge in [0.2, 0.25) is 0 Å². The highest BCUT2D eigenvalue weighted by molar-refractivity contribution is 7.20. The van der Waals surface area contributed by atoms with E-state index in [0.717, 1.165) is 26.9 Å². The minimum absolute atomic E-state index is 0.0265. The lowest BCUT2D eigenvalue weighted by Gasteiger charge is -2.32. The van der Waals surface area contributed by atoms with Gasteiger partial charge < -0.3 is 14.2 Å². The van der Waals surface area contributed by atoms with Gasteiger partial charge >= 0.3 is 0 Å². The number of amides is 1. The number of aryl methyl sites for hydroxylation is 1. The van der Waals surface area contributed by atoms with Crippen molar-refractivity contribution < 1.29 is 9.53 Å². The molecule has 0 aromatic carbocycles. The quantitative estimate of drug-likeness (QED) is 0.498. The van der Waals surface area contributed by atoms with E-state index in [4.69, 9.17) is 9.72 Å². The summed E-state index contributed by atoms with van der Waals surface area (Å²) in [6.45, 7) is 3.74. The molecule has 30 heavy (non-hydrogen) atoms. The molecule has 1 unspecified atom stereocenters. The van der Waals surface area contributed by atoms with E-state index in [1.807, 2.05) is 42.2 Å². The summed E-state index contributed by atoms with van der Waals surface area (Å²) < 4.78 is 6.95. The number of ether oxygens (including phenoxy) is 1. The van der Waals surface area contributed by atoms with Gasteiger partial charge in [-0.05, 0) is 37.3 Å². The Morgan fingerprint density at radius 2 is 2.10 bits per heavy atom.